The molecule has 1 unspecified atom stereocenters. The first-order valence-electron chi connectivity index (χ1n) is 9.70. The molecule has 0 saturated heterocycles. The van der Waals surface area contributed by atoms with Crippen molar-refractivity contribution in [2.24, 2.45) is 0 Å². The number of fused-ring (bicyclic) bond motifs is 1. The molecule has 1 atom stereocenters. The molecule has 1 aromatic heterocycles. The number of ether oxygens (including phenoxy) is 2. The van der Waals surface area contributed by atoms with Gasteiger partial charge in [0.15, 0.2) is 0 Å². The summed E-state index contributed by atoms with van der Waals surface area (Å²) in [7, 11) is 0. The molecule has 0 bridgehead atoms. The van der Waals surface area contributed by atoms with Gasteiger partial charge < -0.3 is 14.8 Å². The lowest BCUT2D eigenvalue weighted by Crippen LogP contribution is -2.26. The van der Waals surface area contributed by atoms with E-state index in [0.717, 1.165) is 34.7 Å². The maximum absolute atomic E-state index is 12.5. The minimum atomic E-state index is -0.225. The zero-order valence-electron chi connectivity index (χ0n) is 17.5. The van der Waals surface area contributed by atoms with Crippen LogP contribution in [-0.4, -0.2) is 28.4 Å². The van der Waals surface area contributed by atoms with Gasteiger partial charge in [-0.05, 0) is 59.8 Å². The van der Waals surface area contributed by atoms with E-state index in [9.17, 15) is 4.79 Å². The molecule has 28 heavy (non-hydrogen) atoms. The molecule has 1 aliphatic rings. The van der Waals surface area contributed by atoms with E-state index in [0.29, 0.717) is 12.4 Å². The van der Waals surface area contributed by atoms with Crippen molar-refractivity contribution in [1.82, 2.24) is 9.78 Å². The smallest absolute Gasteiger partial charge is 0.249 e. The fourth-order valence-electron chi connectivity index (χ4n) is 3.30. The quantitative estimate of drug-likeness (QED) is 0.781. The van der Waals surface area contributed by atoms with Crippen LogP contribution in [0.4, 0.5) is 5.82 Å². The molecule has 1 aromatic carbocycles. The van der Waals surface area contributed by atoms with Crippen LogP contribution in [-0.2, 0) is 16.8 Å². The lowest BCUT2D eigenvalue weighted by molar-refractivity contribution is -0.111. The Labute approximate surface area is 166 Å². The summed E-state index contributed by atoms with van der Waals surface area (Å²) in [5.74, 6) is 2.08. The Bertz CT molecular complexity index is 906. The summed E-state index contributed by atoms with van der Waals surface area (Å²) >= 11 is 0. The van der Waals surface area contributed by atoms with Crippen LogP contribution in [0, 0.1) is 6.92 Å². The van der Waals surface area contributed by atoms with Gasteiger partial charge in [-0.3, -0.25) is 4.79 Å². The SMILES string of the molecule is CCOc1cc2c(cc1/C=C/C(=O)Nc1cc(C)nn1C(C)(C)C)OC(C)C2. The van der Waals surface area contributed by atoms with Crippen LogP contribution in [0.25, 0.3) is 6.08 Å². The maximum Gasteiger partial charge on any atom is 0.249 e. The lowest BCUT2D eigenvalue weighted by atomic mass is 10.1. The Hall–Kier alpha value is -2.76. The van der Waals surface area contributed by atoms with E-state index in [1.807, 2.05) is 64.4 Å². The number of amides is 1. The van der Waals surface area contributed by atoms with Crippen LogP contribution in [0.1, 0.15) is 51.4 Å². The van der Waals surface area contributed by atoms with Crippen molar-refractivity contribution in [3.63, 3.8) is 0 Å². The van der Waals surface area contributed by atoms with Crippen molar-refractivity contribution in [3.05, 3.63) is 41.1 Å². The predicted octanol–water partition coefficient (Wildman–Crippen LogP) is 4.32. The zero-order chi connectivity index (χ0) is 20.5. The Balaban J connectivity index is 1.81. The van der Waals surface area contributed by atoms with Gasteiger partial charge in [0.2, 0.25) is 5.91 Å². The molecule has 0 saturated carbocycles. The number of aryl methyl sites for hydroxylation is 1. The summed E-state index contributed by atoms with van der Waals surface area (Å²) in [5, 5.41) is 7.40. The highest BCUT2D eigenvalue weighted by Gasteiger charge is 2.22. The second kappa shape index (κ2) is 7.70. The minimum absolute atomic E-state index is 0.160. The second-order valence-corrected chi connectivity index (χ2v) is 8.14. The van der Waals surface area contributed by atoms with E-state index in [4.69, 9.17) is 9.47 Å². The van der Waals surface area contributed by atoms with Crippen LogP contribution < -0.4 is 14.8 Å². The molecule has 2 heterocycles. The van der Waals surface area contributed by atoms with Crippen molar-refractivity contribution < 1.29 is 14.3 Å². The molecule has 1 amide bonds. The molecule has 1 N–H and O–H groups in total. The molecule has 2 aromatic rings. The number of nitrogens with one attached hydrogen (secondary N) is 1. The first kappa shape index (κ1) is 20.0. The third-order valence-electron chi connectivity index (χ3n) is 4.46. The van der Waals surface area contributed by atoms with E-state index in [1.54, 1.807) is 6.08 Å². The average Bonchev–Trinajstić information content (AvgIpc) is 3.13. The van der Waals surface area contributed by atoms with Crippen molar-refractivity contribution in [3.8, 4) is 11.5 Å². The van der Waals surface area contributed by atoms with Crippen molar-refractivity contribution >= 4 is 17.8 Å². The first-order chi connectivity index (χ1) is 13.2. The summed E-state index contributed by atoms with van der Waals surface area (Å²) < 4.78 is 13.4. The van der Waals surface area contributed by atoms with E-state index < -0.39 is 0 Å². The van der Waals surface area contributed by atoms with Gasteiger partial charge in [-0.1, -0.05) is 0 Å². The molecule has 0 aliphatic carbocycles. The molecule has 0 fully saturated rings. The summed E-state index contributed by atoms with van der Waals surface area (Å²) in [5.41, 5.74) is 2.60. The van der Waals surface area contributed by atoms with Crippen molar-refractivity contribution in [2.45, 2.75) is 59.6 Å². The van der Waals surface area contributed by atoms with Gasteiger partial charge in [-0.2, -0.15) is 5.10 Å². The fourth-order valence-corrected chi connectivity index (χ4v) is 3.30. The molecule has 3 rings (SSSR count). The van der Waals surface area contributed by atoms with Gasteiger partial charge in [0.25, 0.3) is 0 Å². The molecule has 6 nitrogen and oxygen atoms in total. The average molecular weight is 383 g/mol. The number of hydrogen-bond donors (Lipinski definition) is 1. The van der Waals surface area contributed by atoms with Gasteiger partial charge in [-0.25, -0.2) is 4.68 Å². The molecule has 150 valence electrons. The Morgan fingerprint density at radius 3 is 2.82 bits per heavy atom. The van der Waals surface area contributed by atoms with Crippen molar-refractivity contribution in [1.29, 1.82) is 0 Å². The van der Waals surface area contributed by atoms with Gasteiger partial charge in [0.1, 0.15) is 23.4 Å². The number of nitrogens with zero attached hydrogens (tertiary/aromatic N) is 2. The minimum Gasteiger partial charge on any atom is -0.493 e. The van der Waals surface area contributed by atoms with Crippen LogP contribution in [0.15, 0.2) is 24.3 Å². The number of aromatic nitrogens is 2. The van der Waals surface area contributed by atoms with Gasteiger partial charge in [0, 0.05) is 29.7 Å². The maximum atomic E-state index is 12.5. The van der Waals surface area contributed by atoms with E-state index >= 15 is 0 Å². The monoisotopic (exact) mass is 383 g/mol. The van der Waals surface area contributed by atoms with Crippen molar-refractivity contribution in [2.75, 3.05) is 11.9 Å². The Morgan fingerprint density at radius 2 is 2.14 bits per heavy atom. The van der Waals surface area contributed by atoms with Gasteiger partial charge in [0.05, 0.1) is 17.8 Å². The third-order valence-corrected chi connectivity index (χ3v) is 4.46. The molecule has 6 heteroatoms. The highest BCUT2D eigenvalue weighted by Crippen LogP contribution is 2.35. The third kappa shape index (κ3) is 4.38. The van der Waals surface area contributed by atoms with Crippen LogP contribution in [0.2, 0.25) is 0 Å². The second-order valence-electron chi connectivity index (χ2n) is 8.14. The molecular weight excluding hydrogens is 354 g/mol. The molecule has 0 radical (unpaired) electrons. The number of carbonyl (C=O) groups is 1. The normalized spacial score (nSPS) is 16.1. The largest absolute Gasteiger partial charge is 0.493 e. The standard InChI is InChI=1S/C22H29N3O3/c1-7-27-18-13-17-11-15(3)28-19(17)12-16(18)8-9-21(26)23-20-10-14(2)24-25(20)22(4,5)6/h8-10,12-13,15H,7,11H2,1-6H3,(H,23,26)/b9-8+. The predicted molar refractivity (Wildman–Crippen MR) is 111 cm³/mol. The van der Waals surface area contributed by atoms with Crippen LogP contribution in [0.3, 0.4) is 0 Å². The number of carbonyl (C=O) groups excluding carboxylic acids is 1. The summed E-state index contributed by atoms with van der Waals surface area (Å²) in [6.07, 6.45) is 4.30. The van der Waals surface area contributed by atoms with Crippen LogP contribution in [0.5, 0.6) is 11.5 Å². The summed E-state index contributed by atoms with van der Waals surface area (Å²) in [6, 6.07) is 5.82. The summed E-state index contributed by atoms with van der Waals surface area (Å²) in [6.45, 7) is 12.6. The highest BCUT2D eigenvalue weighted by molar-refractivity contribution is 6.01. The molecule has 0 spiro atoms. The Morgan fingerprint density at radius 1 is 1.39 bits per heavy atom. The number of anilines is 1. The zero-order valence-corrected chi connectivity index (χ0v) is 17.5. The van der Waals surface area contributed by atoms with E-state index in [-0.39, 0.29) is 17.6 Å². The lowest BCUT2D eigenvalue weighted by Gasteiger charge is -2.22. The highest BCUT2D eigenvalue weighted by atomic mass is 16.5. The Kier molecular flexibility index (Phi) is 5.49. The number of hydrogen-bond acceptors (Lipinski definition) is 4. The van der Waals surface area contributed by atoms with Gasteiger partial charge in [-0.15, -0.1) is 0 Å². The first-order valence-corrected chi connectivity index (χ1v) is 9.70. The van der Waals surface area contributed by atoms with E-state index in [2.05, 4.69) is 10.4 Å². The van der Waals surface area contributed by atoms with Gasteiger partial charge >= 0.3 is 0 Å². The number of benzene rings is 1. The van der Waals surface area contributed by atoms with E-state index in [1.165, 1.54) is 6.08 Å². The van der Waals surface area contributed by atoms with Crippen LogP contribution >= 0.6 is 0 Å². The topological polar surface area (TPSA) is 65.4 Å². The fraction of sp³-hybridized carbons (Fsp3) is 0.455. The number of rotatable bonds is 5. The molecule has 1 aliphatic heterocycles. The molecular formula is C22H29N3O3. The summed E-state index contributed by atoms with van der Waals surface area (Å²) in [4.78, 5) is 12.5.